The number of halogens is 20. The van der Waals surface area contributed by atoms with Crippen LogP contribution in [-0.2, 0) is 0 Å². The van der Waals surface area contributed by atoms with Crippen LogP contribution >= 0.6 is 0 Å². The lowest BCUT2D eigenvalue weighted by Crippen LogP contribution is -2.94. The second kappa shape index (κ2) is 5.69. The van der Waals surface area contributed by atoms with Gasteiger partial charge in [0, 0.05) is 0 Å². The fraction of sp³-hybridized carbons (Fsp3) is 1.00. The average Bonchev–Trinajstić information content (AvgIpc) is 2.46. The Morgan fingerprint density at radius 3 is 0.800 bits per heavy atom. The highest BCUT2D eigenvalue weighted by Gasteiger charge is 3.11. The number of alkyl halides is 20. The van der Waals surface area contributed by atoms with Gasteiger partial charge in [0.25, 0.3) is 0 Å². The Kier molecular flexibility index (Phi) is 5.05. The van der Waals surface area contributed by atoms with Gasteiger partial charge in [-0.25, -0.2) is 13.2 Å². The SMILES string of the molecule is FC(F)(F)C(F)(F)C1(F)C(F)(F)C(F)(F)C(F)(C(F)(F)F)C(F)(C(F)(F)F)C1(F)F. The Morgan fingerprint density at radius 1 is 0.333 bits per heavy atom. The van der Waals surface area contributed by atoms with Crippen molar-refractivity contribution in [2.45, 2.75) is 59.2 Å². The minimum atomic E-state index is -9.16. The van der Waals surface area contributed by atoms with E-state index >= 15 is 0 Å². The molecule has 0 N–H and O–H groups in total. The molecule has 0 radical (unpaired) electrons. The van der Waals surface area contributed by atoms with Crippen molar-refractivity contribution in [1.29, 1.82) is 0 Å². The first-order valence-corrected chi connectivity index (χ1v) is 6.28. The minimum absolute atomic E-state index is 8.24. The third-order valence-electron chi connectivity index (χ3n) is 4.17. The molecule has 0 heterocycles. The van der Waals surface area contributed by atoms with E-state index in [0.717, 1.165) is 0 Å². The molecule has 1 saturated carbocycles. The Bertz CT molecular complexity index is 680. The molecule has 0 amide bonds. The normalized spacial score (nSPS) is 37.2. The maximum absolute atomic E-state index is 13.9. The van der Waals surface area contributed by atoms with E-state index in [1.54, 1.807) is 0 Å². The van der Waals surface area contributed by atoms with Gasteiger partial charge in [-0.05, 0) is 0 Å². The van der Waals surface area contributed by atoms with Gasteiger partial charge in [0.15, 0.2) is 0 Å². The van der Waals surface area contributed by atoms with Crippen LogP contribution in [0.1, 0.15) is 0 Å². The molecule has 1 rings (SSSR count). The number of hydrogen-bond donors (Lipinski definition) is 0. The third-order valence-corrected chi connectivity index (χ3v) is 4.17. The van der Waals surface area contributed by atoms with Gasteiger partial charge in [-0.15, -0.1) is 0 Å². The van der Waals surface area contributed by atoms with E-state index in [0.29, 0.717) is 0 Å². The zero-order valence-electron chi connectivity index (χ0n) is 12.6. The average molecular weight is 500 g/mol. The molecule has 180 valence electrons. The smallest absolute Gasteiger partial charge is 0.223 e. The highest BCUT2D eigenvalue weighted by molar-refractivity contribution is 5.38. The van der Waals surface area contributed by atoms with Gasteiger partial charge in [-0.1, -0.05) is 0 Å². The molecule has 1 fully saturated rings. The summed E-state index contributed by atoms with van der Waals surface area (Å²) in [5, 5.41) is 0. The van der Waals surface area contributed by atoms with Crippen molar-refractivity contribution < 1.29 is 87.8 Å². The van der Waals surface area contributed by atoms with Crippen LogP contribution < -0.4 is 0 Å². The quantitative estimate of drug-likeness (QED) is 0.369. The lowest BCUT2D eigenvalue weighted by molar-refractivity contribution is -0.535. The molecular weight excluding hydrogens is 500 g/mol. The number of hydrogen-bond acceptors (Lipinski definition) is 0. The fourth-order valence-electron chi connectivity index (χ4n) is 2.64. The van der Waals surface area contributed by atoms with E-state index < -0.39 is 59.2 Å². The topological polar surface area (TPSA) is 0 Å². The molecule has 0 bridgehead atoms. The highest BCUT2D eigenvalue weighted by atomic mass is 19.4. The van der Waals surface area contributed by atoms with E-state index in [1.165, 1.54) is 0 Å². The molecule has 1 aliphatic rings. The third kappa shape index (κ3) is 2.22. The van der Waals surface area contributed by atoms with Crippen LogP contribution in [0.2, 0.25) is 0 Å². The summed E-state index contributed by atoms with van der Waals surface area (Å²) in [5.41, 5.74) is -27.2. The summed E-state index contributed by atoms with van der Waals surface area (Å²) in [7, 11) is 0. The zero-order valence-corrected chi connectivity index (χ0v) is 12.6. The van der Waals surface area contributed by atoms with Gasteiger partial charge in [0.2, 0.25) is 0 Å². The Morgan fingerprint density at radius 2 is 0.567 bits per heavy atom. The summed E-state index contributed by atoms with van der Waals surface area (Å²) in [5.74, 6) is -35.8. The summed E-state index contributed by atoms with van der Waals surface area (Å²) in [6, 6.07) is 0. The van der Waals surface area contributed by atoms with Crippen molar-refractivity contribution in [3.63, 3.8) is 0 Å². The minimum Gasteiger partial charge on any atom is -0.223 e. The Labute approximate surface area is 148 Å². The van der Waals surface area contributed by atoms with Crippen LogP contribution in [0.15, 0.2) is 0 Å². The predicted octanol–water partition coefficient (Wildman–Crippen LogP) is 6.35. The summed E-state index contributed by atoms with van der Waals surface area (Å²) in [6.45, 7) is 0. The van der Waals surface area contributed by atoms with Crippen LogP contribution in [0.4, 0.5) is 87.8 Å². The molecule has 30 heavy (non-hydrogen) atoms. The molecule has 0 spiro atoms. The maximum Gasteiger partial charge on any atom is 0.457 e. The molecule has 0 aromatic heterocycles. The molecule has 0 aliphatic heterocycles. The summed E-state index contributed by atoms with van der Waals surface area (Å²) in [4.78, 5) is 0. The van der Waals surface area contributed by atoms with Gasteiger partial charge in [0.05, 0.1) is 0 Å². The fourth-order valence-corrected chi connectivity index (χ4v) is 2.64. The van der Waals surface area contributed by atoms with E-state index in [9.17, 15) is 87.8 Å². The molecule has 1 aliphatic carbocycles. The first kappa shape index (κ1) is 26.6. The van der Waals surface area contributed by atoms with Crippen molar-refractivity contribution in [1.82, 2.24) is 0 Å². The second-order valence-corrected chi connectivity index (χ2v) is 5.77. The lowest BCUT2D eigenvalue weighted by atomic mass is 9.58. The predicted molar refractivity (Wildman–Crippen MR) is 49.5 cm³/mol. The highest BCUT2D eigenvalue weighted by Crippen LogP contribution is 2.77. The summed E-state index contributed by atoms with van der Waals surface area (Å²) in [6.07, 6.45) is -25.4. The summed E-state index contributed by atoms with van der Waals surface area (Å²) >= 11 is 0. The van der Waals surface area contributed by atoms with Crippen molar-refractivity contribution in [3.05, 3.63) is 0 Å². The van der Waals surface area contributed by atoms with Crippen LogP contribution in [0.5, 0.6) is 0 Å². The van der Waals surface area contributed by atoms with Gasteiger partial charge in [0.1, 0.15) is 0 Å². The molecule has 3 atom stereocenters. The standard InChI is InChI=1S/C10F20/c11-1(8(22,23)24)2(12,9(25,26)27)5(16,17)6(18,19)3(13,4(1,14)15)7(20,21)10(28,29)30. The monoisotopic (exact) mass is 500 g/mol. The van der Waals surface area contributed by atoms with Crippen LogP contribution in [0.3, 0.4) is 0 Å². The van der Waals surface area contributed by atoms with Crippen LogP contribution in [0.25, 0.3) is 0 Å². The van der Waals surface area contributed by atoms with E-state index in [4.69, 9.17) is 0 Å². The molecule has 0 aromatic carbocycles. The molecule has 0 saturated heterocycles. The Hall–Kier alpha value is -1.40. The molecule has 0 aromatic rings. The van der Waals surface area contributed by atoms with Crippen LogP contribution in [0, 0.1) is 0 Å². The Balaban J connectivity index is 4.46. The van der Waals surface area contributed by atoms with Crippen molar-refractivity contribution in [3.8, 4) is 0 Å². The van der Waals surface area contributed by atoms with Crippen molar-refractivity contribution in [2.24, 2.45) is 0 Å². The first-order chi connectivity index (χ1) is 12.5. The maximum atomic E-state index is 13.9. The molecular formula is C10F20. The second-order valence-electron chi connectivity index (χ2n) is 5.77. The molecule has 0 nitrogen and oxygen atoms in total. The van der Waals surface area contributed by atoms with Crippen LogP contribution in [-0.4, -0.2) is 59.2 Å². The van der Waals surface area contributed by atoms with E-state index in [-0.39, 0.29) is 0 Å². The van der Waals surface area contributed by atoms with Gasteiger partial charge in [-0.2, -0.15) is 74.6 Å². The molecule has 20 heteroatoms. The van der Waals surface area contributed by atoms with E-state index in [1.807, 2.05) is 0 Å². The summed E-state index contributed by atoms with van der Waals surface area (Å²) < 4.78 is 261. The van der Waals surface area contributed by atoms with Crippen molar-refractivity contribution in [2.75, 3.05) is 0 Å². The zero-order chi connectivity index (χ0) is 25.0. The largest absolute Gasteiger partial charge is 0.457 e. The number of rotatable bonds is 1. The lowest BCUT2D eigenvalue weighted by Gasteiger charge is -2.59. The van der Waals surface area contributed by atoms with Crippen molar-refractivity contribution >= 4 is 0 Å². The van der Waals surface area contributed by atoms with E-state index in [2.05, 4.69) is 0 Å². The first-order valence-electron chi connectivity index (χ1n) is 6.28. The molecule has 3 unspecified atom stereocenters. The van der Waals surface area contributed by atoms with Gasteiger partial charge < -0.3 is 0 Å². The van der Waals surface area contributed by atoms with Gasteiger partial charge in [-0.3, -0.25) is 0 Å². The van der Waals surface area contributed by atoms with Gasteiger partial charge >= 0.3 is 59.2 Å².